The van der Waals surface area contributed by atoms with E-state index in [9.17, 15) is 18.8 Å². The van der Waals surface area contributed by atoms with Crippen LogP contribution in [0, 0.1) is 11.7 Å². The number of halogens is 3. The number of nitrogens with zero attached hydrogens (tertiary/aromatic N) is 5. The van der Waals surface area contributed by atoms with Crippen LogP contribution in [0.5, 0.6) is 0 Å². The Morgan fingerprint density at radius 1 is 1.08 bits per heavy atom. The van der Waals surface area contributed by atoms with Crippen molar-refractivity contribution in [2.75, 3.05) is 19.6 Å². The number of thioether (sulfide) groups is 1. The predicted octanol–water partition coefficient (Wildman–Crippen LogP) is 7.22. The van der Waals surface area contributed by atoms with Crippen molar-refractivity contribution in [1.29, 1.82) is 0 Å². The number of amidine groups is 1. The number of benzene rings is 2. The minimum absolute atomic E-state index is 0.00221. The molecular weight excluding hydrogens is 672 g/mol. The summed E-state index contributed by atoms with van der Waals surface area (Å²) < 4.78 is 14.9. The number of amides is 3. The van der Waals surface area contributed by atoms with Crippen LogP contribution in [0.4, 0.5) is 4.39 Å². The van der Waals surface area contributed by atoms with Gasteiger partial charge in [-0.1, -0.05) is 62.2 Å². The summed E-state index contributed by atoms with van der Waals surface area (Å²) in [6.45, 7) is 13.0. The van der Waals surface area contributed by atoms with Crippen molar-refractivity contribution < 1.29 is 18.8 Å². The molecule has 2 aromatic rings. The van der Waals surface area contributed by atoms with Gasteiger partial charge < -0.3 is 19.6 Å². The third kappa shape index (κ3) is 5.92. The number of allylic oxidation sites excluding steroid dienone is 1. The topological polar surface area (TPSA) is 76.5 Å². The van der Waals surface area contributed by atoms with Gasteiger partial charge in [0, 0.05) is 49.4 Å². The van der Waals surface area contributed by atoms with Gasteiger partial charge >= 0.3 is 0 Å². The van der Waals surface area contributed by atoms with Gasteiger partial charge in [0.15, 0.2) is 5.17 Å². The van der Waals surface area contributed by atoms with Crippen LogP contribution in [-0.2, 0) is 19.9 Å². The van der Waals surface area contributed by atoms with Crippen LogP contribution in [-0.4, -0.2) is 80.2 Å². The van der Waals surface area contributed by atoms with E-state index in [2.05, 4.69) is 25.7 Å². The van der Waals surface area contributed by atoms with Gasteiger partial charge in [0.1, 0.15) is 22.3 Å². The van der Waals surface area contributed by atoms with Gasteiger partial charge in [-0.05, 0) is 86.2 Å². The van der Waals surface area contributed by atoms with Gasteiger partial charge in [-0.2, -0.15) is 0 Å². The molecule has 2 fully saturated rings. The minimum atomic E-state index is -0.910. The van der Waals surface area contributed by atoms with Gasteiger partial charge in [0.25, 0.3) is 5.91 Å². The first-order valence-corrected chi connectivity index (χ1v) is 18.2. The molecule has 0 radical (unpaired) electrons. The third-order valence-corrected chi connectivity index (χ3v) is 11.9. The molecule has 3 amide bonds. The Morgan fingerprint density at radius 3 is 2.40 bits per heavy atom. The molecular formula is C36H42Cl2FN5O3S. The SMILES string of the molecule is CC[C@@H]1CC[C@@H](C(=O)N2CCN(C(C)=O)[C@H](C)C2)N1C(=O)C1=C(C(C)C)N2C(=N[C@@](C)(c3ccc(Cl)c(F)c3)[C@H]2c2ccc(Cl)cc2)S1. The largest absolute Gasteiger partial charge is 0.337 e. The van der Waals surface area contributed by atoms with Gasteiger partial charge in [0.05, 0.1) is 11.1 Å². The molecule has 12 heteroatoms. The number of aliphatic imine (C=N–C) groups is 1. The number of hydrogen-bond donors (Lipinski definition) is 0. The maximum atomic E-state index is 14.9. The highest BCUT2D eigenvalue weighted by Gasteiger charge is 2.55. The molecule has 2 aromatic carbocycles. The Balaban J connectivity index is 1.38. The van der Waals surface area contributed by atoms with Crippen LogP contribution in [0.25, 0.3) is 0 Å². The van der Waals surface area contributed by atoms with Crippen LogP contribution < -0.4 is 0 Å². The molecule has 4 heterocycles. The van der Waals surface area contributed by atoms with E-state index in [0.29, 0.717) is 46.7 Å². The van der Waals surface area contributed by atoms with Crippen molar-refractivity contribution in [3.63, 3.8) is 0 Å². The van der Waals surface area contributed by atoms with Crippen LogP contribution in [0.15, 0.2) is 58.1 Å². The summed E-state index contributed by atoms with van der Waals surface area (Å²) in [6, 6.07) is 11.2. The Hall–Kier alpha value is -3.08. The zero-order chi connectivity index (χ0) is 34.7. The second-order valence-electron chi connectivity index (χ2n) is 13.7. The molecule has 0 N–H and O–H groups in total. The van der Waals surface area contributed by atoms with Crippen LogP contribution in [0.3, 0.4) is 0 Å². The van der Waals surface area contributed by atoms with Gasteiger partial charge in [-0.25, -0.2) is 9.38 Å². The van der Waals surface area contributed by atoms with E-state index in [1.165, 1.54) is 17.8 Å². The first-order chi connectivity index (χ1) is 22.8. The second kappa shape index (κ2) is 13.3. The summed E-state index contributed by atoms with van der Waals surface area (Å²) in [5, 5.41) is 1.29. The molecule has 256 valence electrons. The van der Waals surface area contributed by atoms with Gasteiger partial charge in [-0.3, -0.25) is 14.4 Å². The monoisotopic (exact) mass is 713 g/mol. The lowest BCUT2D eigenvalue weighted by Gasteiger charge is -2.41. The predicted molar refractivity (Wildman–Crippen MR) is 189 cm³/mol. The van der Waals surface area contributed by atoms with Gasteiger partial charge in [0.2, 0.25) is 11.8 Å². The maximum Gasteiger partial charge on any atom is 0.263 e. The van der Waals surface area contributed by atoms with Crippen molar-refractivity contribution in [3.8, 4) is 0 Å². The van der Waals surface area contributed by atoms with Crippen LogP contribution in [0.2, 0.25) is 10.0 Å². The number of rotatable bonds is 6. The molecule has 6 rings (SSSR count). The lowest BCUT2D eigenvalue weighted by Crippen LogP contribution is -2.58. The number of carbonyl (C=O) groups excluding carboxylic acids is 3. The van der Waals surface area contributed by atoms with E-state index in [0.717, 1.165) is 24.1 Å². The highest BCUT2D eigenvalue weighted by atomic mass is 35.5. The van der Waals surface area contributed by atoms with Crippen LogP contribution >= 0.6 is 35.0 Å². The molecule has 0 aromatic heterocycles. The molecule has 5 atom stereocenters. The number of carbonyl (C=O) groups is 3. The Kier molecular flexibility index (Phi) is 9.65. The maximum absolute atomic E-state index is 14.9. The average molecular weight is 715 g/mol. The summed E-state index contributed by atoms with van der Waals surface area (Å²) in [6.07, 6.45) is 2.07. The normalized spacial score (nSPS) is 27.2. The first-order valence-electron chi connectivity index (χ1n) is 16.7. The number of hydrogen-bond acceptors (Lipinski definition) is 6. The number of fused-ring (bicyclic) bond motifs is 1. The smallest absolute Gasteiger partial charge is 0.263 e. The molecule has 0 unspecified atom stereocenters. The van der Waals surface area contributed by atoms with E-state index in [4.69, 9.17) is 28.2 Å². The molecule has 0 aliphatic carbocycles. The van der Waals surface area contributed by atoms with Crippen LogP contribution in [0.1, 0.15) is 78.0 Å². The minimum Gasteiger partial charge on any atom is -0.337 e. The fourth-order valence-electron chi connectivity index (χ4n) is 7.88. The Labute approximate surface area is 296 Å². The summed E-state index contributed by atoms with van der Waals surface area (Å²) in [7, 11) is 0. The molecule has 0 spiro atoms. The van der Waals surface area contributed by atoms with Crippen molar-refractivity contribution in [2.45, 2.75) is 90.5 Å². The van der Waals surface area contributed by atoms with E-state index in [1.54, 1.807) is 24.0 Å². The molecule has 48 heavy (non-hydrogen) atoms. The number of likely N-dealkylation sites (tertiary alicyclic amines) is 1. The summed E-state index contributed by atoms with van der Waals surface area (Å²) in [4.78, 5) is 54.4. The highest BCUT2D eigenvalue weighted by molar-refractivity contribution is 8.18. The molecule has 0 bridgehead atoms. The molecule has 4 aliphatic rings. The summed E-state index contributed by atoms with van der Waals surface area (Å²) in [5.74, 6) is -0.803. The standard InChI is InChI=1S/C36H42Cl2FN5O3S/c1-7-26-13-15-29(33(46)41-16-17-42(22(5)45)21(4)19-41)43(26)34(47)31-30(20(2)3)44-32(23-8-11-25(37)12-9-23)36(6,40-35(44)48-31)24-10-14-27(38)28(39)18-24/h8-12,14,18,20-21,26,29,32H,7,13,15-17,19H2,1-6H3/t21-,26-,29+,32-,36+/m1/s1. The van der Waals surface area contributed by atoms with Crippen molar-refractivity contribution in [3.05, 3.63) is 80.1 Å². The Bertz CT molecular complexity index is 1700. The molecule has 0 saturated carbocycles. The zero-order valence-corrected chi connectivity index (χ0v) is 30.5. The van der Waals surface area contributed by atoms with Crippen molar-refractivity contribution in [1.82, 2.24) is 19.6 Å². The Morgan fingerprint density at radius 2 is 1.79 bits per heavy atom. The zero-order valence-electron chi connectivity index (χ0n) is 28.2. The molecule has 4 aliphatic heterocycles. The van der Waals surface area contributed by atoms with E-state index in [-0.39, 0.29) is 40.7 Å². The van der Waals surface area contributed by atoms with E-state index < -0.39 is 23.4 Å². The van der Waals surface area contributed by atoms with Crippen molar-refractivity contribution >= 4 is 57.9 Å². The second-order valence-corrected chi connectivity index (χ2v) is 15.5. The van der Waals surface area contributed by atoms with E-state index >= 15 is 0 Å². The highest BCUT2D eigenvalue weighted by Crippen LogP contribution is 2.56. The van der Waals surface area contributed by atoms with Crippen molar-refractivity contribution in [2.24, 2.45) is 10.9 Å². The lowest BCUT2D eigenvalue weighted by atomic mass is 9.81. The van der Waals surface area contributed by atoms with E-state index in [1.807, 2.05) is 47.9 Å². The first kappa shape index (κ1) is 34.8. The summed E-state index contributed by atoms with van der Waals surface area (Å²) in [5.41, 5.74) is 1.51. The molecule has 2 saturated heterocycles. The third-order valence-electron chi connectivity index (χ3n) is 10.3. The number of piperazine rings is 1. The lowest BCUT2D eigenvalue weighted by molar-refractivity contribution is -0.147. The fourth-order valence-corrected chi connectivity index (χ4v) is 9.47. The quantitative estimate of drug-likeness (QED) is 0.316. The fraction of sp³-hybridized carbons (Fsp3) is 0.500. The average Bonchev–Trinajstić information content (AvgIpc) is 3.72. The molecule has 8 nitrogen and oxygen atoms in total. The summed E-state index contributed by atoms with van der Waals surface area (Å²) >= 11 is 13.7. The van der Waals surface area contributed by atoms with Gasteiger partial charge in [-0.15, -0.1) is 0 Å².